The van der Waals surface area contributed by atoms with Crippen molar-refractivity contribution in [1.82, 2.24) is 5.06 Å². The van der Waals surface area contributed by atoms with Gasteiger partial charge in [-0.2, -0.15) is 5.06 Å². The van der Waals surface area contributed by atoms with Crippen LogP contribution in [0.25, 0.3) is 0 Å². The van der Waals surface area contributed by atoms with Crippen LogP contribution in [0.15, 0.2) is 23.8 Å². The maximum atomic E-state index is 10.2. The summed E-state index contributed by atoms with van der Waals surface area (Å²) in [5.41, 5.74) is 1.10. The molecule has 0 saturated carbocycles. The summed E-state index contributed by atoms with van der Waals surface area (Å²) in [5.74, 6) is 0.555. The van der Waals surface area contributed by atoms with E-state index in [2.05, 4.69) is 52.8 Å². The van der Waals surface area contributed by atoms with Crippen LogP contribution in [0.5, 0.6) is 0 Å². The zero-order valence-corrected chi connectivity index (χ0v) is 12.1. The highest BCUT2D eigenvalue weighted by molar-refractivity contribution is 5.16. The lowest BCUT2D eigenvalue weighted by Crippen LogP contribution is -2.59. The highest BCUT2D eigenvalue weighted by atomic mass is 16.5. The lowest BCUT2D eigenvalue weighted by Gasteiger charge is -2.51. The van der Waals surface area contributed by atoms with Crippen LogP contribution in [0.1, 0.15) is 54.4 Å². The van der Waals surface area contributed by atoms with E-state index < -0.39 is 0 Å². The molecule has 2 nitrogen and oxygen atoms in total. The van der Waals surface area contributed by atoms with Crippen LogP contribution >= 0.6 is 0 Å². The highest BCUT2D eigenvalue weighted by Crippen LogP contribution is 2.42. The third-order valence-electron chi connectivity index (χ3n) is 3.83. The van der Waals surface area contributed by atoms with Crippen molar-refractivity contribution >= 4 is 0 Å². The number of allylic oxidation sites excluding steroid dienone is 4. The molecule has 0 atom stereocenters. The Labute approximate surface area is 106 Å². The van der Waals surface area contributed by atoms with E-state index in [1.807, 2.05) is 6.92 Å². The maximum absolute atomic E-state index is 10.2. The second-order valence-corrected chi connectivity index (χ2v) is 6.48. The lowest BCUT2D eigenvalue weighted by atomic mass is 9.72. The number of hydroxylamine groups is 2. The quantitative estimate of drug-likeness (QED) is 0.729. The highest BCUT2D eigenvalue weighted by Gasteiger charge is 2.45. The molecular weight excluding hydrogens is 210 g/mol. The van der Waals surface area contributed by atoms with Gasteiger partial charge in [-0.15, -0.1) is 0 Å². The van der Waals surface area contributed by atoms with Crippen LogP contribution in [-0.2, 0) is 0 Å². The van der Waals surface area contributed by atoms with Crippen LogP contribution in [0.4, 0.5) is 0 Å². The van der Waals surface area contributed by atoms with E-state index in [0.717, 1.165) is 12.8 Å². The molecular formula is C15H27NO. The fraction of sp³-hybridized carbons (Fsp3) is 0.733. The monoisotopic (exact) mass is 237 g/mol. The molecule has 2 heteroatoms. The van der Waals surface area contributed by atoms with E-state index in [0.29, 0.717) is 5.92 Å². The summed E-state index contributed by atoms with van der Waals surface area (Å²) in [7, 11) is 0. The van der Waals surface area contributed by atoms with Gasteiger partial charge >= 0.3 is 0 Å². The molecule has 0 aromatic rings. The zero-order chi connectivity index (χ0) is 13.3. The Balaban J connectivity index is 2.92. The molecule has 0 radical (unpaired) electrons. The topological polar surface area (TPSA) is 23.5 Å². The third-order valence-corrected chi connectivity index (χ3v) is 3.83. The Kier molecular flexibility index (Phi) is 4.21. The van der Waals surface area contributed by atoms with Gasteiger partial charge in [0, 0.05) is 11.1 Å². The van der Waals surface area contributed by atoms with Crippen molar-refractivity contribution < 1.29 is 5.21 Å². The van der Waals surface area contributed by atoms with Crippen molar-refractivity contribution in [3.63, 3.8) is 0 Å². The molecule has 0 aromatic heterocycles. The first-order chi connectivity index (χ1) is 7.70. The Hall–Kier alpha value is -0.600. The van der Waals surface area contributed by atoms with Gasteiger partial charge < -0.3 is 5.21 Å². The molecule has 0 aromatic carbocycles. The summed E-state index contributed by atoms with van der Waals surface area (Å²) in [6.45, 7) is 12.7. The van der Waals surface area contributed by atoms with E-state index in [-0.39, 0.29) is 11.1 Å². The number of piperidine rings is 1. The van der Waals surface area contributed by atoms with Crippen molar-refractivity contribution in [3.05, 3.63) is 23.8 Å². The summed E-state index contributed by atoms with van der Waals surface area (Å²) in [6.07, 6.45) is 8.37. The number of nitrogens with zero attached hydrogens (tertiary/aromatic N) is 1. The van der Waals surface area contributed by atoms with Gasteiger partial charge in [0.05, 0.1) is 0 Å². The van der Waals surface area contributed by atoms with E-state index in [9.17, 15) is 5.21 Å². The molecule has 1 aliphatic rings. The SMILES string of the molecule is C/C=C\C=C(/C)C1CC(C)(C)N(O)C(C)(C)C1. The van der Waals surface area contributed by atoms with Gasteiger partial charge in [0.15, 0.2) is 0 Å². The molecule has 0 spiro atoms. The molecule has 1 heterocycles. The van der Waals surface area contributed by atoms with Crippen molar-refractivity contribution in [2.75, 3.05) is 0 Å². The first-order valence-electron chi connectivity index (χ1n) is 6.49. The average Bonchev–Trinajstić information content (AvgIpc) is 2.21. The van der Waals surface area contributed by atoms with Gasteiger partial charge in [0.25, 0.3) is 0 Å². The Morgan fingerprint density at radius 2 is 1.65 bits per heavy atom. The van der Waals surface area contributed by atoms with Crippen LogP contribution < -0.4 is 0 Å². The summed E-state index contributed by atoms with van der Waals surface area (Å²) in [4.78, 5) is 0. The molecule has 1 rings (SSSR count). The molecule has 17 heavy (non-hydrogen) atoms. The lowest BCUT2D eigenvalue weighted by molar-refractivity contribution is -0.248. The molecule has 1 aliphatic heterocycles. The van der Waals surface area contributed by atoms with Gasteiger partial charge in [-0.1, -0.05) is 23.8 Å². The van der Waals surface area contributed by atoms with E-state index in [1.54, 1.807) is 5.06 Å². The predicted molar refractivity (Wildman–Crippen MR) is 73.1 cm³/mol. The number of hydrogen-bond acceptors (Lipinski definition) is 2. The summed E-state index contributed by atoms with van der Waals surface area (Å²) in [5, 5.41) is 11.8. The standard InChI is InChI=1S/C15H27NO/c1-7-8-9-12(2)13-10-14(3,4)16(17)15(5,6)11-13/h7-9,13,17H,10-11H2,1-6H3/b8-7-,12-9+. The molecule has 98 valence electrons. The summed E-state index contributed by atoms with van der Waals surface area (Å²) >= 11 is 0. The third kappa shape index (κ3) is 3.20. The Morgan fingerprint density at radius 3 is 2.06 bits per heavy atom. The molecule has 1 N–H and O–H groups in total. The van der Waals surface area contributed by atoms with Crippen LogP contribution in [-0.4, -0.2) is 21.3 Å². The van der Waals surface area contributed by atoms with Crippen molar-refractivity contribution in [2.24, 2.45) is 5.92 Å². The molecule has 0 amide bonds. The minimum Gasteiger partial charge on any atom is -0.313 e. The van der Waals surface area contributed by atoms with Gasteiger partial charge in [-0.25, -0.2) is 0 Å². The molecule has 0 bridgehead atoms. The van der Waals surface area contributed by atoms with Gasteiger partial charge in [-0.3, -0.25) is 0 Å². The predicted octanol–water partition coefficient (Wildman–Crippen LogP) is 4.17. The van der Waals surface area contributed by atoms with Crippen molar-refractivity contribution in [2.45, 2.75) is 65.5 Å². The second-order valence-electron chi connectivity index (χ2n) is 6.48. The molecule has 1 fully saturated rings. The Bertz CT molecular complexity index is 308. The maximum Gasteiger partial charge on any atom is 0.0416 e. The minimum absolute atomic E-state index is 0.155. The molecule has 0 unspecified atom stereocenters. The first kappa shape index (κ1) is 14.5. The van der Waals surface area contributed by atoms with Crippen LogP contribution in [0, 0.1) is 5.92 Å². The van der Waals surface area contributed by atoms with E-state index in [1.165, 1.54) is 5.57 Å². The van der Waals surface area contributed by atoms with E-state index in [4.69, 9.17) is 0 Å². The number of hydrogen-bond donors (Lipinski definition) is 1. The average molecular weight is 237 g/mol. The normalized spacial score (nSPS) is 26.6. The van der Waals surface area contributed by atoms with Crippen LogP contribution in [0.3, 0.4) is 0 Å². The minimum atomic E-state index is -0.155. The van der Waals surface area contributed by atoms with Gasteiger partial charge in [-0.05, 0) is 60.3 Å². The molecule has 0 aliphatic carbocycles. The summed E-state index contributed by atoms with van der Waals surface area (Å²) < 4.78 is 0. The van der Waals surface area contributed by atoms with Gasteiger partial charge in [0.1, 0.15) is 0 Å². The zero-order valence-electron chi connectivity index (χ0n) is 12.1. The largest absolute Gasteiger partial charge is 0.313 e. The molecule has 1 saturated heterocycles. The van der Waals surface area contributed by atoms with Gasteiger partial charge in [0.2, 0.25) is 0 Å². The van der Waals surface area contributed by atoms with Crippen LogP contribution in [0.2, 0.25) is 0 Å². The smallest absolute Gasteiger partial charge is 0.0416 e. The van der Waals surface area contributed by atoms with E-state index >= 15 is 0 Å². The number of rotatable bonds is 2. The fourth-order valence-electron chi connectivity index (χ4n) is 2.98. The Morgan fingerprint density at radius 1 is 1.18 bits per heavy atom. The second kappa shape index (κ2) is 4.95. The first-order valence-corrected chi connectivity index (χ1v) is 6.49. The van der Waals surface area contributed by atoms with Crippen molar-refractivity contribution in [3.8, 4) is 0 Å². The van der Waals surface area contributed by atoms with Crippen molar-refractivity contribution in [1.29, 1.82) is 0 Å². The fourth-order valence-corrected chi connectivity index (χ4v) is 2.98. The summed E-state index contributed by atoms with van der Waals surface area (Å²) in [6, 6.07) is 0.